The average molecular weight is 343 g/mol. The number of carbonyl (C=O) groups excluding carboxylic acids is 1. The van der Waals surface area contributed by atoms with E-state index in [1.807, 2.05) is 6.07 Å². The van der Waals surface area contributed by atoms with E-state index in [0.717, 1.165) is 9.88 Å². The first-order valence-electron chi connectivity index (χ1n) is 6.28. The van der Waals surface area contributed by atoms with Gasteiger partial charge in [-0.2, -0.15) is 0 Å². The van der Waals surface area contributed by atoms with Gasteiger partial charge in [-0.1, -0.05) is 11.6 Å². The Labute approximate surface area is 133 Å². The minimum atomic E-state index is -0.850. The van der Waals surface area contributed by atoms with Crippen molar-refractivity contribution in [2.24, 2.45) is 5.92 Å². The molecule has 1 aliphatic heterocycles. The number of rotatable bonds is 3. The Hall–Kier alpha value is -1.44. The van der Waals surface area contributed by atoms with Crippen LogP contribution in [0.15, 0.2) is 17.5 Å². The van der Waals surface area contributed by atoms with Crippen LogP contribution in [0.5, 0.6) is 0 Å². The average Bonchev–Trinajstić information content (AvgIpc) is 3.17. The fourth-order valence-electron chi connectivity index (χ4n) is 2.22. The van der Waals surface area contributed by atoms with Crippen LogP contribution in [0.3, 0.4) is 0 Å². The van der Waals surface area contributed by atoms with E-state index in [9.17, 15) is 9.59 Å². The van der Waals surface area contributed by atoms with E-state index in [4.69, 9.17) is 16.7 Å². The summed E-state index contributed by atoms with van der Waals surface area (Å²) in [6, 6.07) is 3.67. The highest BCUT2D eigenvalue weighted by atomic mass is 35.5. The summed E-state index contributed by atoms with van der Waals surface area (Å²) < 4.78 is 0.678. The lowest BCUT2D eigenvalue weighted by atomic mass is 10.1. The van der Waals surface area contributed by atoms with Gasteiger partial charge in [0.25, 0.3) is 5.91 Å². The molecule has 1 N–H and O–H groups in total. The second-order valence-corrected chi connectivity index (χ2v) is 7.29. The van der Waals surface area contributed by atoms with Crippen LogP contribution in [0, 0.1) is 5.92 Å². The van der Waals surface area contributed by atoms with E-state index in [0.29, 0.717) is 23.0 Å². The summed E-state index contributed by atoms with van der Waals surface area (Å²) in [5.74, 6) is -1.52. The molecular formula is C13H11ClN2O3S2. The van der Waals surface area contributed by atoms with Crippen LogP contribution < -0.4 is 0 Å². The Kier molecular flexibility index (Phi) is 3.97. The van der Waals surface area contributed by atoms with E-state index in [1.165, 1.54) is 22.7 Å². The number of hydrogen-bond donors (Lipinski definition) is 1. The topological polar surface area (TPSA) is 70.5 Å². The van der Waals surface area contributed by atoms with Gasteiger partial charge in [0.1, 0.15) is 10.7 Å². The zero-order valence-corrected chi connectivity index (χ0v) is 13.2. The molecule has 5 nitrogen and oxygen atoms in total. The normalized spacial score (nSPS) is 18.1. The molecule has 0 radical (unpaired) electrons. The van der Waals surface area contributed by atoms with Crippen LogP contribution in [0.25, 0.3) is 9.88 Å². The molecule has 0 aliphatic carbocycles. The van der Waals surface area contributed by atoms with E-state index in [2.05, 4.69) is 4.98 Å². The molecule has 1 aliphatic rings. The van der Waals surface area contributed by atoms with Gasteiger partial charge in [-0.25, -0.2) is 4.98 Å². The van der Waals surface area contributed by atoms with E-state index < -0.39 is 11.9 Å². The molecule has 0 aromatic carbocycles. The number of thiazole rings is 1. The van der Waals surface area contributed by atoms with Gasteiger partial charge in [0.05, 0.1) is 15.1 Å². The number of carboxylic acid groups (broad SMARTS) is 1. The van der Waals surface area contributed by atoms with Crippen molar-refractivity contribution < 1.29 is 14.7 Å². The van der Waals surface area contributed by atoms with Gasteiger partial charge in [-0.3, -0.25) is 9.59 Å². The molecule has 1 unspecified atom stereocenters. The highest BCUT2D eigenvalue weighted by Gasteiger charge is 2.32. The molecule has 8 heteroatoms. The van der Waals surface area contributed by atoms with Gasteiger partial charge < -0.3 is 10.0 Å². The third-order valence-corrected chi connectivity index (χ3v) is 5.57. The van der Waals surface area contributed by atoms with Crippen molar-refractivity contribution >= 4 is 46.2 Å². The maximum Gasteiger partial charge on any atom is 0.308 e. The second-order valence-electron chi connectivity index (χ2n) is 4.72. The molecule has 3 heterocycles. The molecule has 21 heavy (non-hydrogen) atoms. The summed E-state index contributed by atoms with van der Waals surface area (Å²) in [6.07, 6.45) is 0.499. The molecule has 1 saturated heterocycles. The lowest BCUT2D eigenvalue weighted by Gasteiger charge is -2.13. The van der Waals surface area contributed by atoms with Crippen LogP contribution in [0.2, 0.25) is 4.34 Å². The predicted molar refractivity (Wildman–Crippen MR) is 82.1 cm³/mol. The molecule has 0 spiro atoms. The van der Waals surface area contributed by atoms with E-state index in [1.54, 1.807) is 16.3 Å². The van der Waals surface area contributed by atoms with Crippen molar-refractivity contribution in [3.8, 4) is 9.88 Å². The molecule has 3 rings (SSSR count). The maximum atomic E-state index is 12.3. The zero-order chi connectivity index (χ0) is 15.0. The van der Waals surface area contributed by atoms with Crippen molar-refractivity contribution in [3.63, 3.8) is 0 Å². The number of carbonyl (C=O) groups is 2. The molecule has 110 valence electrons. The number of aromatic nitrogens is 1. The summed E-state index contributed by atoms with van der Waals surface area (Å²) in [4.78, 5) is 30.1. The molecule has 1 atom stereocenters. The molecule has 0 saturated carbocycles. The number of nitrogens with zero attached hydrogens (tertiary/aromatic N) is 2. The monoisotopic (exact) mass is 342 g/mol. The minimum absolute atomic E-state index is 0.205. The Morgan fingerprint density at radius 2 is 2.24 bits per heavy atom. The van der Waals surface area contributed by atoms with Crippen molar-refractivity contribution in [2.45, 2.75) is 6.42 Å². The summed E-state index contributed by atoms with van der Waals surface area (Å²) in [5, 5.41) is 11.4. The molecule has 2 aromatic rings. The molecule has 2 aromatic heterocycles. The van der Waals surface area contributed by atoms with Gasteiger partial charge >= 0.3 is 5.97 Å². The highest BCUT2D eigenvalue weighted by molar-refractivity contribution is 7.23. The number of hydrogen-bond acceptors (Lipinski definition) is 5. The van der Waals surface area contributed by atoms with Crippen LogP contribution in [-0.4, -0.2) is 40.0 Å². The number of thiophene rings is 1. The van der Waals surface area contributed by atoms with Crippen LogP contribution in [0.1, 0.15) is 16.9 Å². The van der Waals surface area contributed by atoms with Crippen LogP contribution in [0.4, 0.5) is 0 Å². The zero-order valence-electron chi connectivity index (χ0n) is 10.8. The largest absolute Gasteiger partial charge is 0.481 e. The summed E-state index contributed by atoms with van der Waals surface area (Å²) in [7, 11) is 0. The molecule has 0 bridgehead atoms. The lowest BCUT2D eigenvalue weighted by Crippen LogP contribution is -2.30. The van der Waals surface area contributed by atoms with Crippen molar-refractivity contribution in [1.29, 1.82) is 0 Å². The Morgan fingerprint density at radius 1 is 1.43 bits per heavy atom. The van der Waals surface area contributed by atoms with Crippen LogP contribution in [-0.2, 0) is 4.79 Å². The number of likely N-dealkylation sites (tertiary alicyclic amines) is 1. The molecule has 1 fully saturated rings. The Bertz CT molecular complexity index is 697. The Morgan fingerprint density at radius 3 is 2.86 bits per heavy atom. The minimum Gasteiger partial charge on any atom is -0.481 e. The second kappa shape index (κ2) is 5.75. The standard InChI is InChI=1S/C13H11ClN2O3S2/c14-10-2-1-9(21-10)11-15-8(6-20-11)12(17)16-4-3-7(5-16)13(18)19/h1-2,6-7H,3-5H2,(H,18,19). The highest BCUT2D eigenvalue weighted by Crippen LogP contribution is 2.33. The molecular weight excluding hydrogens is 332 g/mol. The number of amides is 1. The number of aliphatic carboxylic acids is 1. The number of halogens is 1. The third kappa shape index (κ3) is 2.95. The van der Waals surface area contributed by atoms with Gasteiger partial charge in [-0.15, -0.1) is 22.7 Å². The van der Waals surface area contributed by atoms with Crippen molar-refractivity contribution in [1.82, 2.24) is 9.88 Å². The predicted octanol–water partition coefficient (Wildman–Crippen LogP) is 3.07. The summed E-state index contributed by atoms with van der Waals surface area (Å²) in [5.41, 5.74) is 0.366. The van der Waals surface area contributed by atoms with E-state index >= 15 is 0 Å². The van der Waals surface area contributed by atoms with E-state index in [-0.39, 0.29) is 12.5 Å². The summed E-state index contributed by atoms with van der Waals surface area (Å²) >= 11 is 8.69. The first-order valence-corrected chi connectivity index (χ1v) is 8.35. The quantitative estimate of drug-likeness (QED) is 0.930. The molecule has 1 amide bonds. The SMILES string of the molecule is O=C(O)C1CCN(C(=O)c2csc(-c3ccc(Cl)s3)n2)C1. The van der Waals surface area contributed by atoms with Gasteiger partial charge in [-0.05, 0) is 18.6 Å². The van der Waals surface area contributed by atoms with Crippen molar-refractivity contribution in [3.05, 3.63) is 27.5 Å². The van der Waals surface area contributed by atoms with Crippen molar-refractivity contribution in [2.75, 3.05) is 13.1 Å². The first kappa shape index (κ1) is 14.5. The number of carboxylic acids is 1. The fourth-order valence-corrected chi connectivity index (χ4v) is 4.13. The fraction of sp³-hybridized carbons (Fsp3) is 0.308. The van der Waals surface area contributed by atoms with Gasteiger partial charge in [0.2, 0.25) is 0 Å². The lowest BCUT2D eigenvalue weighted by molar-refractivity contribution is -0.141. The van der Waals surface area contributed by atoms with Gasteiger partial charge in [0, 0.05) is 18.5 Å². The summed E-state index contributed by atoms with van der Waals surface area (Å²) in [6.45, 7) is 0.722. The Balaban J connectivity index is 1.74. The first-order chi connectivity index (χ1) is 10.0. The third-order valence-electron chi connectivity index (χ3n) is 3.33. The van der Waals surface area contributed by atoms with Gasteiger partial charge in [0.15, 0.2) is 0 Å². The van der Waals surface area contributed by atoms with Crippen LogP contribution >= 0.6 is 34.3 Å². The maximum absolute atomic E-state index is 12.3. The smallest absolute Gasteiger partial charge is 0.308 e.